The highest BCUT2D eigenvalue weighted by atomic mass is 15.2. The van der Waals surface area contributed by atoms with Crippen LogP contribution in [0.5, 0.6) is 0 Å². The van der Waals surface area contributed by atoms with Crippen LogP contribution in [0.2, 0.25) is 0 Å². The van der Waals surface area contributed by atoms with Gasteiger partial charge in [-0.05, 0) is 49.0 Å². The Morgan fingerprint density at radius 1 is 1.53 bits per heavy atom. The molecule has 0 radical (unpaired) electrons. The van der Waals surface area contributed by atoms with Crippen LogP contribution in [0.15, 0.2) is 12.4 Å². The molecule has 2 bridgehead atoms. The zero-order valence-corrected chi connectivity index (χ0v) is 10.5. The van der Waals surface area contributed by atoms with E-state index in [4.69, 9.17) is 5.84 Å². The first-order valence-electron chi connectivity index (χ1n) is 6.70. The monoisotopic (exact) mass is 234 g/mol. The summed E-state index contributed by atoms with van der Waals surface area (Å²) in [5, 5.41) is 4.23. The number of nitrogens with zero attached hydrogens (tertiary/aromatic N) is 2. The fourth-order valence-electron chi connectivity index (χ4n) is 3.95. The van der Waals surface area contributed by atoms with Crippen molar-refractivity contribution in [1.82, 2.24) is 15.2 Å². The first-order chi connectivity index (χ1) is 8.26. The summed E-state index contributed by atoms with van der Waals surface area (Å²) in [6, 6.07) is 0.425. The van der Waals surface area contributed by atoms with E-state index in [1.165, 1.54) is 31.2 Å². The first kappa shape index (κ1) is 11.2. The van der Waals surface area contributed by atoms with Gasteiger partial charge in [0.2, 0.25) is 0 Å². The molecule has 0 aromatic carbocycles. The Bertz CT molecular complexity index is 387. The van der Waals surface area contributed by atoms with Gasteiger partial charge in [-0.25, -0.2) is 0 Å². The highest BCUT2D eigenvalue weighted by Crippen LogP contribution is 2.49. The lowest BCUT2D eigenvalue weighted by Crippen LogP contribution is -2.44. The van der Waals surface area contributed by atoms with E-state index in [2.05, 4.69) is 16.7 Å². The summed E-state index contributed by atoms with van der Waals surface area (Å²) < 4.78 is 1.86. The van der Waals surface area contributed by atoms with Gasteiger partial charge in [-0.15, -0.1) is 0 Å². The van der Waals surface area contributed by atoms with Crippen LogP contribution in [-0.4, -0.2) is 15.8 Å². The number of hydrogen-bond acceptors (Lipinski definition) is 3. The van der Waals surface area contributed by atoms with Crippen LogP contribution in [-0.2, 0) is 13.5 Å². The summed E-state index contributed by atoms with van der Waals surface area (Å²) in [4.78, 5) is 0. The van der Waals surface area contributed by atoms with Crippen molar-refractivity contribution >= 4 is 0 Å². The van der Waals surface area contributed by atoms with Gasteiger partial charge < -0.3 is 0 Å². The smallest absolute Gasteiger partial charge is 0.0522 e. The average molecular weight is 234 g/mol. The van der Waals surface area contributed by atoms with Crippen LogP contribution < -0.4 is 11.3 Å². The molecule has 3 rings (SSSR count). The molecule has 0 aliphatic heterocycles. The Kier molecular flexibility index (Phi) is 2.92. The molecule has 3 N–H and O–H groups in total. The lowest BCUT2D eigenvalue weighted by atomic mass is 9.81. The second-order valence-electron chi connectivity index (χ2n) is 5.84. The van der Waals surface area contributed by atoms with Gasteiger partial charge in [0.25, 0.3) is 0 Å². The minimum atomic E-state index is 0.425. The topological polar surface area (TPSA) is 55.9 Å². The van der Waals surface area contributed by atoms with E-state index in [9.17, 15) is 0 Å². The normalized spacial score (nSPS) is 33.2. The molecule has 1 heterocycles. The van der Waals surface area contributed by atoms with Crippen LogP contribution >= 0.6 is 0 Å². The van der Waals surface area contributed by atoms with Gasteiger partial charge in [0, 0.05) is 19.3 Å². The summed E-state index contributed by atoms with van der Waals surface area (Å²) in [6.45, 7) is 0. The standard InChI is InChI=1S/C13H22N4/c1-17-8-10(7-15-17)6-13(16-14)12-5-9-2-3-11(12)4-9/h7-9,11-13,16H,2-6,14H2,1H3. The van der Waals surface area contributed by atoms with Crippen molar-refractivity contribution in [3.8, 4) is 0 Å². The lowest BCUT2D eigenvalue weighted by molar-refractivity contribution is 0.248. The maximum absolute atomic E-state index is 5.76. The molecule has 2 saturated carbocycles. The molecule has 0 amide bonds. The van der Waals surface area contributed by atoms with Crippen molar-refractivity contribution in [3.63, 3.8) is 0 Å². The Labute approximate surface area is 103 Å². The third-order valence-electron chi connectivity index (χ3n) is 4.74. The molecule has 4 atom stereocenters. The van der Waals surface area contributed by atoms with Crippen molar-refractivity contribution in [2.24, 2.45) is 30.6 Å². The van der Waals surface area contributed by atoms with E-state index in [1.54, 1.807) is 0 Å². The molecule has 94 valence electrons. The Hall–Kier alpha value is -0.870. The zero-order valence-electron chi connectivity index (χ0n) is 10.5. The minimum Gasteiger partial charge on any atom is -0.276 e. The fourth-order valence-corrected chi connectivity index (χ4v) is 3.95. The number of hydrazine groups is 1. The minimum absolute atomic E-state index is 0.425. The molecule has 4 heteroatoms. The van der Waals surface area contributed by atoms with Crippen LogP contribution in [0.1, 0.15) is 31.2 Å². The van der Waals surface area contributed by atoms with Crippen LogP contribution in [0.25, 0.3) is 0 Å². The van der Waals surface area contributed by atoms with E-state index in [0.717, 1.165) is 24.2 Å². The molecule has 2 fully saturated rings. The first-order valence-corrected chi connectivity index (χ1v) is 6.70. The van der Waals surface area contributed by atoms with E-state index >= 15 is 0 Å². The Morgan fingerprint density at radius 2 is 2.41 bits per heavy atom. The lowest BCUT2D eigenvalue weighted by Gasteiger charge is -2.29. The molecule has 1 aromatic rings. The van der Waals surface area contributed by atoms with Crippen molar-refractivity contribution in [1.29, 1.82) is 0 Å². The summed E-state index contributed by atoms with van der Waals surface area (Å²) in [5.41, 5.74) is 4.34. The molecule has 17 heavy (non-hydrogen) atoms. The molecular weight excluding hydrogens is 212 g/mol. The third kappa shape index (κ3) is 2.11. The van der Waals surface area contributed by atoms with Gasteiger partial charge in [0.1, 0.15) is 0 Å². The van der Waals surface area contributed by atoms with E-state index in [1.807, 2.05) is 17.9 Å². The highest BCUT2D eigenvalue weighted by molar-refractivity contribution is 5.08. The van der Waals surface area contributed by atoms with Crippen LogP contribution in [0.3, 0.4) is 0 Å². The van der Waals surface area contributed by atoms with E-state index in [-0.39, 0.29) is 0 Å². The van der Waals surface area contributed by atoms with Gasteiger partial charge in [0.05, 0.1) is 6.20 Å². The number of aromatic nitrogens is 2. The summed E-state index contributed by atoms with van der Waals surface area (Å²) >= 11 is 0. The van der Waals surface area contributed by atoms with E-state index in [0.29, 0.717) is 6.04 Å². The molecule has 0 saturated heterocycles. The summed E-state index contributed by atoms with van der Waals surface area (Å²) in [6.07, 6.45) is 10.7. The van der Waals surface area contributed by atoms with Crippen molar-refractivity contribution in [3.05, 3.63) is 18.0 Å². The molecular formula is C13H22N4. The second-order valence-corrected chi connectivity index (χ2v) is 5.84. The predicted octanol–water partition coefficient (Wildman–Crippen LogP) is 1.23. The maximum Gasteiger partial charge on any atom is 0.0522 e. The van der Waals surface area contributed by atoms with Gasteiger partial charge in [-0.3, -0.25) is 16.0 Å². The second kappa shape index (κ2) is 4.42. The number of hydrogen-bond donors (Lipinski definition) is 2. The number of aryl methyl sites for hydroxylation is 1. The fraction of sp³-hybridized carbons (Fsp3) is 0.769. The number of nitrogens with two attached hydrogens (primary N) is 1. The number of rotatable bonds is 4. The number of fused-ring (bicyclic) bond motifs is 2. The van der Waals surface area contributed by atoms with Crippen molar-refractivity contribution in [2.45, 2.75) is 38.1 Å². The van der Waals surface area contributed by atoms with Gasteiger partial charge in [-0.1, -0.05) is 6.42 Å². The largest absolute Gasteiger partial charge is 0.276 e. The Balaban J connectivity index is 1.67. The Morgan fingerprint density at radius 3 is 2.94 bits per heavy atom. The van der Waals surface area contributed by atoms with Gasteiger partial charge in [-0.2, -0.15) is 5.10 Å². The summed E-state index contributed by atoms with van der Waals surface area (Å²) in [5.74, 6) is 8.43. The quantitative estimate of drug-likeness (QED) is 0.608. The van der Waals surface area contributed by atoms with Crippen LogP contribution in [0.4, 0.5) is 0 Å². The van der Waals surface area contributed by atoms with Crippen molar-refractivity contribution in [2.75, 3.05) is 0 Å². The van der Waals surface area contributed by atoms with Gasteiger partial charge in [0.15, 0.2) is 0 Å². The van der Waals surface area contributed by atoms with Crippen LogP contribution in [0, 0.1) is 17.8 Å². The summed E-state index contributed by atoms with van der Waals surface area (Å²) in [7, 11) is 1.96. The van der Waals surface area contributed by atoms with Crippen molar-refractivity contribution < 1.29 is 0 Å². The molecule has 4 nitrogen and oxygen atoms in total. The molecule has 1 aromatic heterocycles. The SMILES string of the molecule is Cn1cc(CC(NN)C2CC3CCC2C3)cn1. The molecule has 2 aliphatic carbocycles. The molecule has 2 aliphatic rings. The number of nitrogens with one attached hydrogen (secondary N) is 1. The molecule has 0 spiro atoms. The third-order valence-corrected chi connectivity index (χ3v) is 4.74. The van der Waals surface area contributed by atoms with E-state index < -0.39 is 0 Å². The maximum atomic E-state index is 5.76. The average Bonchev–Trinajstić information content (AvgIpc) is 3.01. The van der Waals surface area contributed by atoms with Gasteiger partial charge >= 0.3 is 0 Å². The highest BCUT2D eigenvalue weighted by Gasteiger charge is 2.42. The predicted molar refractivity (Wildman–Crippen MR) is 67.0 cm³/mol. The zero-order chi connectivity index (χ0) is 11.8. The molecule has 4 unspecified atom stereocenters.